The zero-order valence-corrected chi connectivity index (χ0v) is 13.8. The van der Waals surface area contributed by atoms with E-state index in [9.17, 15) is 15.0 Å². The van der Waals surface area contributed by atoms with Crippen molar-refractivity contribution < 1.29 is 15.0 Å². The third kappa shape index (κ3) is 4.02. The van der Waals surface area contributed by atoms with Gasteiger partial charge in [-0.2, -0.15) is 5.10 Å². The molecule has 0 aliphatic rings. The third-order valence-corrected chi connectivity index (χ3v) is 3.67. The Labute approximate surface area is 150 Å². The van der Waals surface area contributed by atoms with Crippen molar-refractivity contribution >= 4 is 17.7 Å². The van der Waals surface area contributed by atoms with Crippen LogP contribution in [0.15, 0.2) is 89.1 Å². The molecule has 3 aromatic rings. The van der Waals surface area contributed by atoms with Crippen LogP contribution in [0.25, 0.3) is 0 Å². The summed E-state index contributed by atoms with van der Waals surface area (Å²) in [5.74, 6) is -0.421. The zero-order chi connectivity index (χ0) is 18.4. The fourth-order valence-electron chi connectivity index (χ4n) is 2.35. The van der Waals surface area contributed by atoms with E-state index in [2.05, 4.69) is 10.2 Å². The van der Waals surface area contributed by atoms with Crippen LogP contribution in [0.3, 0.4) is 0 Å². The molecule has 3 rings (SSSR count). The van der Waals surface area contributed by atoms with E-state index in [1.54, 1.807) is 36.4 Å². The normalized spacial score (nSPS) is 11.6. The molecule has 0 aliphatic heterocycles. The topological polar surface area (TPSA) is 82.2 Å². The van der Waals surface area contributed by atoms with Gasteiger partial charge in [0.05, 0.1) is 6.21 Å². The SMILES string of the molecule is O=C(/C(=N/N=C/c1ccc(O)cc1O)c1ccccc1)c1ccccc1. The summed E-state index contributed by atoms with van der Waals surface area (Å²) in [6.45, 7) is 0. The van der Waals surface area contributed by atoms with Gasteiger partial charge in [0.1, 0.15) is 17.2 Å². The molecule has 5 heteroatoms. The Morgan fingerprint density at radius 2 is 1.42 bits per heavy atom. The van der Waals surface area contributed by atoms with Gasteiger partial charge >= 0.3 is 0 Å². The number of phenolic OH excluding ortho intramolecular Hbond substituents is 2. The molecule has 5 nitrogen and oxygen atoms in total. The van der Waals surface area contributed by atoms with Crippen LogP contribution < -0.4 is 0 Å². The number of hydrogen-bond acceptors (Lipinski definition) is 5. The van der Waals surface area contributed by atoms with Gasteiger partial charge in [-0.25, -0.2) is 0 Å². The maximum Gasteiger partial charge on any atom is 0.213 e. The number of carbonyl (C=O) groups is 1. The van der Waals surface area contributed by atoms with E-state index in [-0.39, 0.29) is 23.0 Å². The summed E-state index contributed by atoms with van der Waals surface area (Å²) in [6, 6.07) is 22.0. The molecule has 3 aromatic carbocycles. The standard InChI is InChI=1S/C21H16N2O3/c24-18-12-11-17(19(25)13-18)14-22-23-20(15-7-3-1-4-8-15)21(26)16-9-5-2-6-10-16/h1-14,24-25H/b22-14+,23-20+. The summed E-state index contributed by atoms with van der Waals surface area (Å²) >= 11 is 0. The Bertz CT molecular complexity index is 965. The molecule has 0 heterocycles. The Balaban J connectivity index is 1.96. The summed E-state index contributed by atoms with van der Waals surface area (Å²) in [6.07, 6.45) is 1.33. The zero-order valence-electron chi connectivity index (χ0n) is 13.8. The second kappa shape index (κ2) is 7.90. The molecule has 0 amide bonds. The van der Waals surface area contributed by atoms with Crippen LogP contribution in [-0.2, 0) is 0 Å². The molecule has 0 spiro atoms. The van der Waals surface area contributed by atoms with Crippen LogP contribution in [-0.4, -0.2) is 27.9 Å². The number of rotatable bonds is 5. The molecular weight excluding hydrogens is 328 g/mol. The minimum Gasteiger partial charge on any atom is -0.508 e. The number of Topliss-reactive ketones (excluding diaryl/α,β-unsaturated/α-hetero) is 1. The lowest BCUT2D eigenvalue weighted by molar-refractivity contribution is 0.106. The van der Waals surface area contributed by atoms with Crippen LogP contribution in [0.1, 0.15) is 21.5 Å². The number of phenols is 2. The number of carbonyl (C=O) groups excluding carboxylic acids is 1. The van der Waals surface area contributed by atoms with Crippen molar-refractivity contribution in [2.24, 2.45) is 10.2 Å². The van der Waals surface area contributed by atoms with Crippen molar-refractivity contribution in [1.82, 2.24) is 0 Å². The first-order valence-electron chi connectivity index (χ1n) is 7.93. The molecule has 0 saturated carbocycles. The van der Waals surface area contributed by atoms with Gasteiger partial charge in [-0.1, -0.05) is 60.7 Å². The van der Waals surface area contributed by atoms with Gasteiger partial charge in [-0.05, 0) is 12.1 Å². The van der Waals surface area contributed by atoms with Crippen LogP contribution in [0.4, 0.5) is 0 Å². The van der Waals surface area contributed by atoms with E-state index in [1.807, 2.05) is 24.3 Å². The van der Waals surface area contributed by atoms with Gasteiger partial charge in [0.2, 0.25) is 5.78 Å². The molecule has 0 unspecified atom stereocenters. The number of nitrogens with zero attached hydrogens (tertiary/aromatic N) is 2. The Morgan fingerprint density at radius 1 is 0.808 bits per heavy atom. The fourth-order valence-corrected chi connectivity index (χ4v) is 2.35. The quantitative estimate of drug-likeness (QED) is 0.419. The highest BCUT2D eigenvalue weighted by molar-refractivity contribution is 6.51. The maximum atomic E-state index is 12.8. The van der Waals surface area contributed by atoms with Crippen molar-refractivity contribution in [3.8, 4) is 11.5 Å². The summed E-state index contributed by atoms with van der Waals surface area (Å²) in [5, 5.41) is 27.2. The van der Waals surface area contributed by atoms with Crippen molar-refractivity contribution in [2.75, 3.05) is 0 Å². The lowest BCUT2D eigenvalue weighted by Gasteiger charge is -2.04. The molecule has 128 valence electrons. The largest absolute Gasteiger partial charge is 0.508 e. The van der Waals surface area contributed by atoms with Crippen LogP contribution >= 0.6 is 0 Å². The highest BCUT2D eigenvalue weighted by Gasteiger charge is 2.16. The van der Waals surface area contributed by atoms with Crippen LogP contribution in [0, 0.1) is 0 Å². The fraction of sp³-hybridized carbons (Fsp3) is 0. The van der Waals surface area contributed by atoms with Crippen molar-refractivity contribution in [3.63, 3.8) is 0 Å². The summed E-state index contributed by atoms with van der Waals surface area (Å²) in [5.41, 5.74) is 1.74. The smallest absolute Gasteiger partial charge is 0.213 e. The average molecular weight is 344 g/mol. The van der Waals surface area contributed by atoms with Gasteiger partial charge in [0.15, 0.2) is 0 Å². The number of benzene rings is 3. The van der Waals surface area contributed by atoms with Crippen molar-refractivity contribution in [3.05, 3.63) is 95.6 Å². The lowest BCUT2D eigenvalue weighted by Crippen LogP contribution is -2.15. The maximum absolute atomic E-state index is 12.8. The van der Waals surface area contributed by atoms with Crippen molar-refractivity contribution in [2.45, 2.75) is 0 Å². The molecule has 0 atom stereocenters. The van der Waals surface area contributed by atoms with Gasteiger partial charge in [-0.15, -0.1) is 5.10 Å². The first-order chi connectivity index (χ1) is 12.6. The third-order valence-electron chi connectivity index (χ3n) is 3.67. The molecule has 26 heavy (non-hydrogen) atoms. The van der Waals surface area contributed by atoms with E-state index < -0.39 is 0 Å². The van der Waals surface area contributed by atoms with Gasteiger partial charge in [0, 0.05) is 22.8 Å². The Morgan fingerprint density at radius 3 is 2.04 bits per heavy atom. The van der Waals surface area contributed by atoms with Gasteiger partial charge in [-0.3, -0.25) is 4.79 Å². The van der Waals surface area contributed by atoms with Crippen LogP contribution in [0.2, 0.25) is 0 Å². The Hall–Kier alpha value is -3.73. The van der Waals surface area contributed by atoms with E-state index in [4.69, 9.17) is 0 Å². The summed E-state index contributed by atoms with van der Waals surface area (Å²) in [4.78, 5) is 12.8. The molecule has 0 bridgehead atoms. The highest BCUT2D eigenvalue weighted by Crippen LogP contribution is 2.21. The molecule has 0 aromatic heterocycles. The second-order valence-corrected chi connectivity index (χ2v) is 5.50. The Kier molecular flexibility index (Phi) is 5.19. The number of ketones is 1. The minimum absolute atomic E-state index is 0.0487. The van der Waals surface area contributed by atoms with Gasteiger partial charge < -0.3 is 10.2 Å². The van der Waals surface area contributed by atoms with Gasteiger partial charge in [0.25, 0.3) is 0 Å². The van der Waals surface area contributed by atoms with E-state index in [0.717, 1.165) is 0 Å². The predicted octanol–water partition coefficient (Wildman–Crippen LogP) is 3.80. The summed E-state index contributed by atoms with van der Waals surface area (Å²) < 4.78 is 0. The molecule has 0 aliphatic carbocycles. The monoisotopic (exact) mass is 344 g/mol. The first-order valence-corrected chi connectivity index (χ1v) is 7.93. The average Bonchev–Trinajstić information content (AvgIpc) is 2.67. The molecule has 0 fully saturated rings. The van der Waals surface area contributed by atoms with E-state index in [1.165, 1.54) is 24.4 Å². The highest BCUT2D eigenvalue weighted by atomic mass is 16.3. The van der Waals surface area contributed by atoms with Crippen LogP contribution in [0.5, 0.6) is 11.5 Å². The van der Waals surface area contributed by atoms with E-state index in [0.29, 0.717) is 16.7 Å². The van der Waals surface area contributed by atoms with Crippen molar-refractivity contribution in [1.29, 1.82) is 0 Å². The first kappa shape index (κ1) is 17.1. The molecular formula is C21H16N2O3. The minimum atomic E-state index is -0.246. The molecule has 0 saturated heterocycles. The number of aromatic hydroxyl groups is 2. The van der Waals surface area contributed by atoms with E-state index >= 15 is 0 Å². The predicted molar refractivity (Wildman–Crippen MR) is 101 cm³/mol. The number of hydrogen-bond donors (Lipinski definition) is 2. The molecule has 2 N–H and O–H groups in total. The summed E-state index contributed by atoms with van der Waals surface area (Å²) in [7, 11) is 0. The second-order valence-electron chi connectivity index (χ2n) is 5.50. The molecule has 0 radical (unpaired) electrons. The lowest BCUT2D eigenvalue weighted by atomic mass is 10.0.